The van der Waals surface area contributed by atoms with Crippen LogP contribution >= 0.6 is 0 Å². The molecule has 0 radical (unpaired) electrons. The largest absolute Gasteiger partial charge is 0.478 e. The molecule has 5 nitrogen and oxygen atoms in total. The van der Waals surface area contributed by atoms with E-state index in [1.54, 1.807) is 0 Å². The average Bonchev–Trinajstić information content (AvgIpc) is 2.75. The molecule has 0 aliphatic heterocycles. The molecule has 2 aromatic rings. The quantitative estimate of drug-likeness (QED) is 0.885. The highest BCUT2D eigenvalue weighted by Crippen LogP contribution is 2.23. The van der Waals surface area contributed by atoms with Crippen LogP contribution in [0.25, 0.3) is 11.0 Å². The molecule has 1 aromatic heterocycles. The van der Waals surface area contributed by atoms with Crippen molar-refractivity contribution >= 4 is 17.0 Å². The minimum atomic E-state index is -1.33. The van der Waals surface area contributed by atoms with Crippen LogP contribution in [-0.2, 0) is 6.42 Å². The minimum absolute atomic E-state index is 0.0140. The van der Waals surface area contributed by atoms with E-state index in [4.69, 9.17) is 5.11 Å². The van der Waals surface area contributed by atoms with Crippen molar-refractivity contribution in [2.24, 2.45) is 0 Å². The fourth-order valence-electron chi connectivity index (χ4n) is 1.77. The molecule has 102 valence electrons. The fraction of sp³-hybridized carbons (Fsp3) is 0.333. The zero-order valence-electron chi connectivity index (χ0n) is 10.5. The summed E-state index contributed by atoms with van der Waals surface area (Å²) in [6.07, 6.45) is 0.488. The molecule has 0 spiro atoms. The number of aromatic amines is 1. The molecule has 2 rings (SSSR count). The molecule has 0 bridgehead atoms. The molecule has 0 unspecified atom stereocenters. The number of likely N-dealkylation sites (N-methyl/N-ethyl adjacent to an activating group) is 1. The van der Waals surface area contributed by atoms with Crippen LogP contribution in [0.5, 0.6) is 0 Å². The predicted molar refractivity (Wildman–Crippen MR) is 65.2 cm³/mol. The molecular formula is C12H13F2N3O2. The van der Waals surface area contributed by atoms with E-state index >= 15 is 0 Å². The Morgan fingerprint density at radius 3 is 2.74 bits per heavy atom. The third-order valence-corrected chi connectivity index (χ3v) is 2.74. The van der Waals surface area contributed by atoms with E-state index in [9.17, 15) is 13.6 Å². The number of carboxylic acid groups (broad SMARTS) is 1. The standard InChI is InChI=1S/C12H13F2N3O2/c1-17(2)4-3-8-15-10-6(12(18)19)5-7(13)9(14)11(10)16-8/h5H,3-4H2,1-2H3,(H,15,16)(H,18,19). The van der Waals surface area contributed by atoms with Gasteiger partial charge in [0, 0.05) is 13.0 Å². The van der Waals surface area contributed by atoms with E-state index in [1.807, 2.05) is 19.0 Å². The number of nitrogens with zero attached hydrogens (tertiary/aromatic N) is 2. The van der Waals surface area contributed by atoms with Crippen molar-refractivity contribution in [1.82, 2.24) is 14.9 Å². The van der Waals surface area contributed by atoms with Crippen LogP contribution in [0.1, 0.15) is 16.2 Å². The molecule has 2 N–H and O–H groups in total. The van der Waals surface area contributed by atoms with E-state index < -0.39 is 17.6 Å². The van der Waals surface area contributed by atoms with Crippen LogP contribution in [0.4, 0.5) is 8.78 Å². The van der Waals surface area contributed by atoms with Crippen LogP contribution in [0.15, 0.2) is 6.07 Å². The summed E-state index contributed by atoms with van der Waals surface area (Å²) in [5.74, 6) is -3.25. The monoisotopic (exact) mass is 269 g/mol. The first kappa shape index (κ1) is 13.4. The van der Waals surface area contributed by atoms with Gasteiger partial charge in [-0.1, -0.05) is 0 Å². The van der Waals surface area contributed by atoms with Crippen molar-refractivity contribution in [3.8, 4) is 0 Å². The lowest BCUT2D eigenvalue weighted by molar-refractivity contribution is 0.0698. The van der Waals surface area contributed by atoms with Gasteiger partial charge >= 0.3 is 5.97 Å². The highest BCUT2D eigenvalue weighted by Gasteiger charge is 2.20. The van der Waals surface area contributed by atoms with Crippen molar-refractivity contribution in [2.75, 3.05) is 20.6 Å². The number of aromatic carboxylic acids is 1. The van der Waals surface area contributed by atoms with Crippen LogP contribution in [0.3, 0.4) is 0 Å². The molecule has 0 saturated carbocycles. The second-order valence-electron chi connectivity index (χ2n) is 4.49. The van der Waals surface area contributed by atoms with E-state index in [1.165, 1.54) is 0 Å². The van der Waals surface area contributed by atoms with Crippen LogP contribution in [0, 0.1) is 11.6 Å². The summed E-state index contributed by atoms with van der Waals surface area (Å²) in [5, 5.41) is 8.98. The van der Waals surface area contributed by atoms with Crippen molar-refractivity contribution in [3.05, 3.63) is 29.1 Å². The highest BCUT2D eigenvalue weighted by molar-refractivity contribution is 6.01. The summed E-state index contributed by atoms with van der Waals surface area (Å²) in [4.78, 5) is 19.6. The van der Waals surface area contributed by atoms with Gasteiger partial charge in [-0.25, -0.2) is 18.6 Å². The van der Waals surface area contributed by atoms with Crippen molar-refractivity contribution in [1.29, 1.82) is 0 Å². The number of carbonyl (C=O) groups is 1. The number of imidazole rings is 1. The van der Waals surface area contributed by atoms with Gasteiger partial charge in [-0.05, 0) is 20.2 Å². The van der Waals surface area contributed by atoms with E-state index in [-0.39, 0.29) is 16.6 Å². The normalized spacial score (nSPS) is 11.4. The number of rotatable bonds is 4. The maximum Gasteiger partial charge on any atom is 0.338 e. The molecule has 19 heavy (non-hydrogen) atoms. The Labute approximate surface area is 107 Å². The summed E-state index contributed by atoms with van der Waals surface area (Å²) < 4.78 is 26.9. The van der Waals surface area contributed by atoms with Crippen LogP contribution in [-0.4, -0.2) is 46.6 Å². The summed E-state index contributed by atoms with van der Waals surface area (Å²) in [5.41, 5.74) is -0.580. The fourth-order valence-corrected chi connectivity index (χ4v) is 1.77. The number of halogens is 2. The van der Waals surface area contributed by atoms with E-state index in [2.05, 4.69) is 9.97 Å². The molecule has 0 aliphatic carbocycles. The lowest BCUT2D eigenvalue weighted by Gasteiger charge is -2.06. The number of carboxylic acids is 1. The predicted octanol–water partition coefficient (Wildman–Crippen LogP) is 1.64. The van der Waals surface area contributed by atoms with Gasteiger partial charge in [-0.2, -0.15) is 0 Å². The van der Waals surface area contributed by atoms with Gasteiger partial charge in [0.15, 0.2) is 11.6 Å². The summed E-state index contributed by atoms with van der Waals surface area (Å²) in [6.45, 7) is 0.659. The van der Waals surface area contributed by atoms with E-state index in [0.717, 1.165) is 0 Å². The third-order valence-electron chi connectivity index (χ3n) is 2.74. The smallest absolute Gasteiger partial charge is 0.338 e. The first-order chi connectivity index (χ1) is 8.90. The van der Waals surface area contributed by atoms with Gasteiger partial charge in [0.25, 0.3) is 0 Å². The number of benzene rings is 1. The number of nitrogens with one attached hydrogen (secondary N) is 1. The Bertz CT molecular complexity index is 637. The second kappa shape index (κ2) is 4.93. The number of hydrogen-bond acceptors (Lipinski definition) is 3. The average molecular weight is 269 g/mol. The third kappa shape index (κ3) is 2.55. The Morgan fingerprint density at radius 1 is 1.47 bits per heavy atom. The molecular weight excluding hydrogens is 256 g/mol. The Balaban J connectivity index is 2.53. The maximum absolute atomic E-state index is 13.6. The lowest BCUT2D eigenvalue weighted by atomic mass is 10.1. The zero-order chi connectivity index (χ0) is 14.2. The summed E-state index contributed by atoms with van der Waals surface area (Å²) >= 11 is 0. The molecule has 0 amide bonds. The van der Waals surface area contributed by atoms with Crippen molar-refractivity contribution < 1.29 is 18.7 Å². The number of fused-ring (bicyclic) bond motifs is 1. The zero-order valence-corrected chi connectivity index (χ0v) is 10.5. The summed E-state index contributed by atoms with van der Waals surface area (Å²) in [6, 6.07) is 0.661. The van der Waals surface area contributed by atoms with Crippen LogP contribution < -0.4 is 0 Å². The van der Waals surface area contributed by atoms with Gasteiger partial charge in [0.1, 0.15) is 11.3 Å². The molecule has 0 aliphatic rings. The van der Waals surface area contributed by atoms with Crippen LogP contribution in [0.2, 0.25) is 0 Å². The first-order valence-corrected chi connectivity index (χ1v) is 5.64. The van der Waals surface area contributed by atoms with Gasteiger partial charge in [-0.15, -0.1) is 0 Å². The SMILES string of the molecule is CN(C)CCc1nc2c(F)c(F)cc(C(=O)O)c2[nH]1. The first-order valence-electron chi connectivity index (χ1n) is 5.64. The maximum atomic E-state index is 13.6. The van der Waals surface area contributed by atoms with Gasteiger partial charge in [0.2, 0.25) is 0 Å². The Hall–Kier alpha value is -2.02. The lowest BCUT2D eigenvalue weighted by Crippen LogP contribution is -2.15. The number of hydrogen-bond donors (Lipinski definition) is 2. The molecule has 1 aromatic carbocycles. The minimum Gasteiger partial charge on any atom is -0.478 e. The molecule has 0 atom stereocenters. The van der Waals surface area contributed by atoms with Gasteiger partial charge in [-0.3, -0.25) is 0 Å². The number of H-pyrrole nitrogens is 1. The molecule has 7 heteroatoms. The Morgan fingerprint density at radius 2 is 2.16 bits per heavy atom. The summed E-state index contributed by atoms with van der Waals surface area (Å²) in [7, 11) is 3.73. The van der Waals surface area contributed by atoms with Gasteiger partial charge in [0.05, 0.1) is 11.1 Å². The number of aromatic nitrogens is 2. The van der Waals surface area contributed by atoms with Crippen molar-refractivity contribution in [3.63, 3.8) is 0 Å². The van der Waals surface area contributed by atoms with E-state index in [0.29, 0.717) is 24.9 Å². The van der Waals surface area contributed by atoms with Gasteiger partial charge < -0.3 is 15.0 Å². The molecule has 0 fully saturated rings. The van der Waals surface area contributed by atoms with Crippen molar-refractivity contribution in [2.45, 2.75) is 6.42 Å². The highest BCUT2D eigenvalue weighted by atomic mass is 19.2. The Kier molecular flexibility index (Phi) is 3.48. The topological polar surface area (TPSA) is 69.2 Å². The molecule has 1 heterocycles. The second-order valence-corrected chi connectivity index (χ2v) is 4.49. The molecule has 0 saturated heterocycles.